The fraction of sp³-hybridized carbons (Fsp3) is 0. The molecule has 21 heavy (non-hydrogen) atoms. The molecule has 0 saturated carbocycles. The summed E-state index contributed by atoms with van der Waals surface area (Å²) in [7, 11) is 0. The molecule has 0 unspecified atom stereocenters. The summed E-state index contributed by atoms with van der Waals surface area (Å²) in [6.07, 6.45) is 1.63. The van der Waals surface area contributed by atoms with Gasteiger partial charge in [-0.2, -0.15) is 36.4 Å². The summed E-state index contributed by atoms with van der Waals surface area (Å²) in [4.78, 5) is 4.06. The van der Waals surface area contributed by atoms with Gasteiger partial charge >= 0.3 is 19.5 Å². The molecule has 1 N–H and O–H groups in total. The Morgan fingerprint density at radius 3 is 2.33 bits per heavy atom. The van der Waals surface area contributed by atoms with Crippen LogP contribution in [-0.4, -0.2) is 10.1 Å². The van der Waals surface area contributed by atoms with Crippen LogP contribution < -0.4 is 12.4 Å². The first kappa shape index (κ1) is 20.6. The van der Waals surface area contributed by atoms with Gasteiger partial charge in [0, 0.05) is 11.6 Å². The van der Waals surface area contributed by atoms with Crippen LogP contribution in [0.1, 0.15) is 0 Å². The van der Waals surface area contributed by atoms with Gasteiger partial charge in [0.2, 0.25) is 0 Å². The summed E-state index contributed by atoms with van der Waals surface area (Å²) in [5, 5.41) is 11.0. The predicted octanol–water partition coefficient (Wildman–Crippen LogP) is 1.69. The number of hydrogen-bond donors (Lipinski definition) is 1. The van der Waals surface area contributed by atoms with E-state index in [1.165, 1.54) is 0 Å². The first-order valence-electron chi connectivity index (χ1n) is 5.53. The van der Waals surface area contributed by atoms with Gasteiger partial charge in [0.15, 0.2) is 5.75 Å². The maximum absolute atomic E-state index is 9.65. The number of pyridine rings is 1. The number of fused-ring (bicyclic) bond motifs is 1. The number of benzene rings is 2. The van der Waals surface area contributed by atoms with E-state index in [1.807, 2.05) is 59.0 Å². The van der Waals surface area contributed by atoms with Crippen LogP contribution in [-0.2, 0) is 19.5 Å². The number of rotatable bonds is 0. The molecule has 3 rings (SSSR count). The summed E-state index contributed by atoms with van der Waals surface area (Å²) >= 11 is 8.00. The van der Waals surface area contributed by atoms with Crippen molar-refractivity contribution in [3.63, 3.8) is 0 Å². The van der Waals surface area contributed by atoms with E-state index in [0.29, 0.717) is 14.1 Å². The Morgan fingerprint density at radius 2 is 1.81 bits per heavy atom. The SMILES string of the molecule is Oc1c(I)cc(Cl)c2cccnc12.[Cl-].[Ru+2].[c-]1ccccc1. The van der Waals surface area contributed by atoms with Crippen molar-refractivity contribution in [1.29, 1.82) is 0 Å². The molecule has 1 heterocycles. The van der Waals surface area contributed by atoms with Gasteiger partial charge in [-0.25, -0.2) is 0 Å². The van der Waals surface area contributed by atoms with Crippen LogP contribution in [0, 0.1) is 9.64 Å². The molecule has 0 bridgehead atoms. The zero-order chi connectivity index (χ0) is 13.7. The Hall–Kier alpha value is -0.417. The second-order valence-corrected chi connectivity index (χ2v) is 5.24. The average Bonchev–Trinajstić information content (AvgIpc) is 2.47. The van der Waals surface area contributed by atoms with Crippen molar-refractivity contribution in [3.05, 3.63) is 69.4 Å². The van der Waals surface area contributed by atoms with Crippen molar-refractivity contribution in [2.75, 3.05) is 0 Å². The quantitative estimate of drug-likeness (QED) is 0.279. The van der Waals surface area contributed by atoms with Crippen molar-refractivity contribution in [3.8, 4) is 5.75 Å². The number of aromatic nitrogens is 1. The average molecular weight is 519 g/mol. The summed E-state index contributed by atoms with van der Waals surface area (Å²) < 4.78 is 0.716. The van der Waals surface area contributed by atoms with Crippen LogP contribution in [0.5, 0.6) is 5.75 Å². The Kier molecular flexibility index (Phi) is 10.1. The third kappa shape index (κ3) is 5.70. The molecule has 0 amide bonds. The fourth-order valence-electron chi connectivity index (χ4n) is 1.50. The molecule has 0 radical (unpaired) electrons. The normalized spacial score (nSPS) is 8.86. The van der Waals surface area contributed by atoms with Crippen LogP contribution in [0.4, 0.5) is 0 Å². The third-order valence-electron chi connectivity index (χ3n) is 2.38. The minimum atomic E-state index is 0. The molecule has 0 saturated heterocycles. The van der Waals surface area contributed by atoms with E-state index in [2.05, 4.69) is 11.1 Å². The van der Waals surface area contributed by atoms with Gasteiger partial charge in [0.05, 0.1) is 8.59 Å². The Morgan fingerprint density at radius 1 is 1.14 bits per heavy atom. The number of aromatic hydroxyl groups is 1. The van der Waals surface area contributed by atoms with Crippen LogP contribution in [0.25, 0.3) is 10.9 Å². The molecule has 3 aromatic rings. The molecular weight excluding hydrogens is 509 g/mol. The summed E-state index contributed by atoms with van der Waals surface area (Å²) in [5.74, 6) is 0.195. The third-order valence-corrected chi connectivity index (χ3v) is 3.51. The molecular formula is C15H10Cl2INORu. The first-order chi connectivity index (χ1) is 9.20. The van der Waals surface area contributed by atoms with Crippen molar-refractivity contribution in [2.45, 2.75) is 0 Å². The largest absolute Gasteiger partial charge is 2.00 e. The fourth-order valence-corrected chi connectivity index (χ4v) is 2.51. The summed E-state index contributed by atoms with van der Waals surface area (Å²) in [5.41, 5.74) is 0.555. The number of nitrogens with zero attached hydrogens (tertiary/aromatic N) is 1. The smallest absolute Gasteiger partial charge is 1.00 e. The molecule has 6 heteroatoms. The van der Waals surface area contributed by atoms with E-state index in [4.69, 9.17) is 11.6 Å². The number of halogens is 3. The maximum Gasteiger partial charge on any atom is 2.00 e. The van der Waals surface area contributed by atoms with Crippen LogP contribution in [0.15, 0.2) is 54.7 Å². The topological polar surface area (TPSA) is 33.1 Å². The Labute approximate surface area is 161 Å². The molecule has 0 aliphatic carbocycles. The van der Waals surface area contributed by atoms with Gasteiger partial charge in [-0.3, -0.25) is 4.98 Å². The Balaban J connectivity index is 0.000000430. The number of phenolic OH excluding ortho intramolecular Hbond substituents is 1. The molecule has 0 spiro atoms. The van der Waals surface area contributed by atoms with E-state index in [9.17, 15) is 5.11 Å². The van der Waals surface area contributed by atoms with Crippen molar-refractivity contribution in [2.24, 2.45) is 0 Å². The molecule has 1 aromatic heterocycles. The van der Waals surface area contributed by atoms with Gasteiger partial charge in [-0.15, -0.1) is 0 Å². The monoisotopic (exact) mass is 519 g/mol. The number of hydrogen-bond acceptors (Lipinski definition) is 2. The molecule has 2 nitrogen and oxygen atoms in total. The standard InChI is InChI=1S/C9H5ClINO.C6H5.ClH.Ru/c10-6-4-7(11)9(13)8-5(6)2-1-3-12-8;1-2-4-6-5-3-1;;/h1-4,13H;1-5H;1H;/q;-1;;+2/p-1. The van der Waals surface area contributed by atoms with E-state index in [1.54, 1.807) is 18.3 Å². The molecule has 0 aliphatic heterocycles. The molecule has 2 aromatic carbocycles. The van der Waals surface area contributed by atoms with E-state index >= 15 is 0 Å². The van der Waals surface area contributed by atoms with Gasteiger partial charge in [-0.05, 0) is 40.8 Å². The van der Waals surface area contributed by atoms with Gasteiger partial charge < -0.3 is 17.5 Å². The second kappa shape index (κ2) is 10.3. The minimum absolute atomic E-state index is 0. The van der Waals surface area contributed by atoms with E-state index in [0.717, 1.165) is 5.39 Å². The van der Waals surface area contributed by atoms with E-state index < -0.39 is 0 Å². The van der Waals surface area contributed by atoms with Gasteiger partial charge in [0.25, 0.3) is 0 Å². The maximum atomic E-state index is 9.65. The second-order valence-electron chi connectivity index (χ2n) is 3.67. The molecule has 110 valence electrons. The van der Waals surface area contributed by atoms with Gasteiger partial charge in [-0.1, -0.05) is 11.6 Å². The van der Waals surface area contributed by atoms with Crippen molar-refractivity contribution < 1.29 is 37.0 Å². The summed E-state index contributed by atoms with van der Waals surface area (Å²) in [6, 6.07) is 17.8. The van der Waals surface area contributed by atoms with Crippen molar-refractivity contribution >= 4 is 45.1 Å². The first-order valence-corrected chi connectivity index (χ1v) is 6.98. The molecule has 0 atom stereocenters. The predicted molar refractivity (Wildman–Crippen MR) is 86.4 cm³/mol. The van der Waals surface area contributed by atoms with Crippen LogP contribution >= 0.6 is 34.2 Å². The molecule has 0 fully saturated rings. The zero-order valence-electron chi connectivity index (χ0n) is 10.6. The van der Waals surface area contributed by atoms with E-state index in [-0.39, 0.29) is 37.6 Å². The van der Waals surface area contributed by atoms with Gasteiger partial charge in [0.1, 0.15) is 5.52 Å². The Bertz CT molecular complexity index is 656. The number of phenols is 1. The summed E-state index contributed by atoms with van der Waals surface area (Å²) in [6.45, 7) is 0. The molecule has 0 aliphatic rings. The van der Waals surface area contributed by atoms with Crippen LogP contribution in [0.3, 0.4) is 0 Å². The minimum Gasteiger partial charge on any atom is -1.00 e. The van der Waals surface area contributed by atoms with Crippen LogP contribution in [0.2, 0.25) is 5.02 Å². The van der Waals surface area contributed by atoms with Crippen molar-refractivity contribution in [1.82, 2.24) is 4.98 Å². The zero-order valence-corrected chi connectivity index (χ0v) is 16.0.